The van der Waals surface area contributed by atoms with Gasteiger partial charge in [0.15, 0.2) is 0 Å². The van der Waals surface area contributed by atoms with E-state index in [0.717, 1.165) is 0 Å². The van der Waals surface area contributed by atoms with Gasteiger partial charge in [0, 0.05) is 13.0 Å². The maximum absolute atomic E-state index is 9.02. The maximum atomic E-state index is 9.02. The highest BCUT2D eigenvalue weighted by atomic mass is 28.4. The molecule has 0 aliphatic carbocycles. The predicted octanol–water partition coefficient (Wildman–Crippen LogP) is 2.72. The van der Waals surface area contributed by atoms with Crippen molar-refractivity contribution in [1.82, 2.24) is 0 Å². The van der Waals surface area contributed by atoms with Gasteiger partial charge in [0.2, 0.25) is 0 Å². The number of hydrogen-bond acceptors (Lipinski definition) is 3. The summed E-state index contributed by atoms with van der Waals surface area (Å²) in [6.45, 7) is 7.44. The van der Waals surface area contributed by atoms with E-state index in [0.29, 0.717) is 13.0 Å². The lowest BCUT2D eigenvalue weighted by atomic mass is 10.2. The summed E-state index contributed by atoms with van der Waals surface area (Å²) >= 11 is 0. The van der Waals surface area contributed by atoms with E-state index in [1.54, 1.807) is 0 Å². The van der Waals surface area contributed by atoms with E-state index in [2.05, 4.69) is 93.3 Å². The largest absolute Gasteiger partial charge is 0.406 e. The van der Waals surface area contributed by atoms with Crippen LogP contribution >= 0.6 is 0 Å². The van der Waals surface area contributed by atoms with Crippen molar-refractivity contribution in [1.29, 1.82) is 0 Å². The molecule has 1 aliphatic heterocycles. The summed E-state index contributed by atoms with van der Waals surface area (Å²) in [5, 5.41) is 11.6. The fraction of sp³-hybridized carbons (Fsp3) is 0.391. The Kier molecular flexibility index (Phi) is 6.18. The first-order chi connectivity index (χ1) is 13.0. The molecule has 4 heteroatoms. The molecule has 2 unspecified atom stereocenters. The van der Waals surface area contributed by atoms with Gasteiger partial charge in [-0.25, -0.2) is 0 Å². The Bertz CT molecular complexity index is 748. The Labute approximate surface area is 163 Å². The van der Waals surface area contributed by atoms with Crippen LogP contribution in [0.15, 0.2) is 60.7 Å². The summed E-state index contributed by atoms with van der Waals surface area (Å²) in [4.78, 5) is 0. The first-order valence-corrected chi connectivity index (χ1v) is 11.4. The molecule has 3 nitrogen and oxygen atoms in total. The summed E-state index contributed by atoms with van der Waals surface area (Å²) in [7, 11) is -2.47. The molecule has 1 heterocycles. The monoisotopic (exact) mass is 380 g/mol. The van der Waals surface area contributed by atoms with Crippen LogP contribution in [0.2, 0.25) is 5.04 Å². The molecular weight excluding hydrogens is 352 g/mol. The van der Waals surface area contributed by atoms with Crippen LogP contribution < -0.4 is 10.4 Å². The highest BCUT2D eigenvalue weighted by Crippen LogP contribution is 2.36. The van der Waals surface area contributed by atoms with Crippen molar-refractivity contribution in [3.63, 3.8) is 0 Å². The van der Waals surface area contributed by atoms with Crippen molar-refractivity contribution in [2.75, 3.05) is 13.2 Å². The lowest BCUT2D eigenvalue weighted by Gasteiger charge is -2.43. The summed E-state index contributed by atoms with van der Waals surface area (Å²) < 4.78 is 12.0. The SMILES string of the molecule is CC(C)(C)[Si](OCCC#CC1OC1CO)(c1ccccc1)c1ccccc1. The van der Waals surface area contributed by atoms with Crippen LogP contribution in [-0.2, 0) is 9.16 Å². The standard InChI is InChI=1S/C23H28O3Si/c1-23(2,3)27(19-12-6-4-7-13-19,20-14-8-5-9-15-20)25-17-11-10-16-21-22(18-24)26-21/h4-9,12-15,21-22,24H,11,17-18H2,1-3H3. The molecule has 3 rings (SSSR count). The van der Waals surface area contributed by atoms with Gasteiger partial charge in [-0.3, -0.25) is 0 Å². The quantitative estimate of drug-likeness (QED) is 0.363. The number of aliphatic hydroxyl groups excluding tert-OH is 1. The minimum atomic E-state index is -2.47. The average molecular weight is 381 g/mol. The van der Waals surface area contributed by atoms with E-state index in [-0.39, 0.29) is 23.9 Å². The first-order valence-electron chi connectivity index (χ1n) is 9.49. The van der Waals surface area contributed by atoms with E-state index < -0.39 is 8.32 Å². The molecule has 0 bridgehead atoms. The molecule has 1 aliphatic rings. The van der Waals surface area contributed by atoms with Gasteiger partial charge in [0.25, 0.3) is 8.32 Å². The zero-order valence-electron chi connectivity index (χ0n) is 16.3. The van der Waals surface area contributed by atoms with E-state index >= 15 is 0 Å². The summed E-state index contributed by atoms with van der Waals surface area (Å²) in [5.74, 6) is 6.22. The fourth-order valence-electron chi connectivity index (χ4n) is 3.60. The summed E-state index contributed by atoms with van der Waals surface area (Å²) in [5.41, 5.74) is 0. The molecule has 142 valence electrons. The van der Waals surface area contributed by atoms with Gasteiger partial charge in [-0.15, -0.1) is 0 Å². The van der Waals surface area contributed by atoms with Gasteiger partial charge < -0.3 is 14.3 Å². The third-order valence-electron chi connectivity index (χ3n) is 4.97. The topological polar surface area (TPSA) is 42.0 Å². The fourth-order valence-corrected chi connectivity index (χ4v) is 8.16. The van der Waals surface area contributed by atoms with E-state index in [4.69, 9.17) is 14.3 Å². The Hall–Kier alpha value is -1.90. The molecule has 0 saturated carbocycles. The van der Waals surface area contributed by atoms with Crippen molar-refractivity contribution in [3.05, 3.63) is 60.7 Å². The number of rotatable bonds is 6. The Morgan fingerprint density at radius 2 is 1.56 bits per heavy atom. The van der Waals surface area contributed by atoms with Crippen molar-refractivity contribution in [2.45, 2.75) is 44.4 Å². The van der Waals surface area contributed by atoms with Crippen molar-refractivity contribution in [2.24, 2.45) is 0 Å². The number of epoxide rings is 1. The molecule has 2 aromatic carbocycles. The zero-order valence-corrected chi connectivity index (χ0v) is 17.3. The molecule has 1 N–H and O–H groups in total. The summed E-state index contributed by atoms with van der Waals surface area (Å²) in [6, 6.07) is 21.2. The van der Waals surface area contributed by atoms with Crippen LogP contribution in [0.4, 0.5) is 0 Å². The van der Waals surface area contributed by atoms with Crippen LogP contribution in [0.25, 0.3) is 0 Å². The lowest BCUT2D eigenvalue weighted by Crippen LogP contribution is -2.66. The Morgan fingerprint density at radius 1 is 1.00 bits per heavy atom. The van der Waals surface area contributed by atoms with E-state index in [1.807, 2.05) is 0 Å². The van der Waals surface area contributed by atoms with Gasteiger partial charge in [0.1, 0.15) is 12.2 Å². The molecule has 27 heavy (non-hydrogen) atoms. The van der Waals surface area contributed by atoms with Crippen molar-refractivity contribution in [3.8, 4) is 11.8 Å². The summed E-state index contributed by atoms with van der Waals surface area (Å²) in [6.07, 6.45) is 0.445. The van der Waals surface area contributed by atoms with Gasteiger partial charge in [-0.1, -0.05) is 93.3 Å². The predicted molar refractivity (Wildman–Crippen MR) is 112 cm³/mol. The molecule has 0 amide bonds. The van der Waals surface area contributed by atoms with Crippen LogP contribution in [-0.4, -0.2) is 38.8 Å². The molecule has 1 saturated heterocycles. The van der Waals surface area contributed by atoms with Crippen molar-refractivity contribution >= 4 is 18.7 Å². The highest BCUT2D eigenvalue weighted by Gasteiger charge is 2.49. The van der Waals surface area contributed by atoms with E-state index in [1.165, 1.54) is 10.4 Å². The van der Waals surface area contributed by atoms with Gasteiger partial charge in [-0.05, 0) is 15.4 Å². The molecule has 0 radical (unpaired) electrons. The second-order valence-corrected chi connectivity index (χ2v) is 12.2. The Morgan fingerprint density at radius 3 is 2.00 bits per heavy atom. The number of benzene rings is 2. The molecular formula is C23H28O3Si. The lowest BCUT2D eigenvalue weighted by molar-refractivity contribution is 0.243. The maximum Gasteiger partial charge on any atom is 0.261 e. The van der Waals surface area contributed by atoms with E-state index in [9.17, 15) is 0 Å². The Balaban J connectivity index is 1.85. The molecule has 1 fully saturated rings. The normalized spacial score (nSPS) is 19.3. The average Bonchev–Trinajstić information content (AvgIpc) is 3.44. The second-order valence-electron chi connectivity index (χ2n) is 7.86. The van der Waals surface area contributed by atoms with Gasteiger partial charge in [0.05, 0.1) is 6.61 Å². The van der Waals surface area contributed by atoms with Crippen molar-refractivity contribution < 1.29 is 14.3 Å². The number of aliphatic hydroxyl groups is 1. The van der Waals surface area contributed by atoms with Crippen LogP contribution in [0.5, 0.6) is 0 Å². The number of ether oxygens (including phenoxy) is 1. The van der Waals surface area contributed by atoms with Gasteiger partial charge in [-0.2, -0.15) is 0 Å². The molecule has 2 aromatic rings. The molecule has 0 aromatic heterocycles. The number of hydrogen-bond donors (Lipinski definition) is 1. The van der Waals surface area contributed by atoms with Gasteiger partial charge >= 0.3 is 0 Å². The third-order valence-corrected chi connectivity index (χ3v) is 10.0. The first kappa shape index (κ1) is 19.8. The minimum Gasteiger partial charge on any atom is -0.406 e. The third kappa shape index (κ3) is 4.34. The molecule has 0 spiro atoms. The minimum absolute atomic E-state index is 0.0231. The smallest absolute Gasteiger partial charge is 0.261 e. The highest BCUT2D eigenvalue weighted by molar-refractivity contribution is 6.99. The second kappa shape index (κ2) is 8.41. The van der Waals surface area contributed by atoms with Crippen LogP contribution in [0.3, 0.4) is 0 Å². The zero-order chi connectivity index (χ0) is 19.3. The van der Waals surface area contributed by atoms with Crippen LogP contribution in [0, 0.1) is 11.8 Å². The molecule has 2 atom stereocenters. The van der Waals surface area contributed by atoms with Crippen LogP contribution in [0.1, 0.15) is 27.2 Å².